The Bertz CT molecular complexity index is 505. The minimum absolute atomic E-state index is 0.122. The van der Waals surface area contributed by atoms with Gasteiger partial charge in [0.05, 0.1) is 0 Å². The quantitative estimate of drug-likeness (QED) is 0.518. The number of hydrogen-bond donors (Lipinski definition) is 0. The molecular formula is C22H30ClF. The molecule has 0 bridgehead atoms. The fourth-order valence-corrected chi connectivity index (χ4v) is 4.97. The average molecular weight is 349 g/mol. The third kappa shape index (κ3) is 5.09. The first-order chi connectivity index (χ1) is 11.7. The van der Waals surface area contributed by atoms with Crippen LogP contribution < -0.4 is 0 Å². The van der Waals surface area contributed by atoms with E-state index in [-0.39, 0.29) is 5.82 Å². The largest absolute Gasteiger partial charge is 0.207 e. The molecule has 0 amide bonds. The minimum Gasteiger partial charge on any atom is -0.207 e. The van der Waals surface area contributed by atoms with Crippen LogP contribution in [0.2, 0.25) is 0 Å². The van der Waals surface area contributed by atoms with E-state index >= 15 is 0 Å². The van der Waals surface area contributed by atoms with Crippen molar-refractivity contribution < 1.29 is 4.39 Å². The zero-order valence-corrected chi connectivity index (χ0v) is 15.4. The summed E-state index contributed by atoms with van der Waals surface area (Å²) in [5, 5.41) is 0. The number of allylic oxidation sites excluding steroid dienone is 1. The molecule has 0 N–H and O–H groups in total. The van der Waals surface area contributed by atoms with Crippen LogP contribution in [0.25, 0.3) is 0 Å². The van der Waals surface area contributed by atoms with Gasteiger partial charge in [-0.15, -0.1) is 0 Å². The second-order valence-corrected chi connectivity index (χ2v) is 8.20. The van der Waals surface area contributed by atoms with Gasteiger partial charge in [0, 0.05) is 5.54 Å². The predicted octanol–water partition coefficient (Wildman–Crippen LogP) is 7.44. The van der Waals surface area contributed by atoms with E-state index in [1.165, 1.54) is 69.8 Å². The average Bonchev–Trinajstić information content (AvgIpc) is 2.63. The van der Waals surface area contributed by atoms with Gasteiger partial charge in [0.15, 0.2) is 0 Å². The van der Waals surface area contributed by atoms with Crippen LogP contribution in [0, 0.1) is 23.6 Å². The second kappa shape index (κ2) is 9.04. The summed E-state index contributed by atoms with van der Waals surface area (Å²) >= 11 is 5.70. The van der Waals surface area contributed by atoms with Gasteiger partial charge in [-0.25, -0.2) is 4.39 Å². The lowest BCUT2D eigenvalue weighted by molar-refractivity contribution is 0.246. The third-order valence-corrected chi connectivity index (χ3v) is 6.55. The summed E-state index contributed by atoms with van der Waals surface area (Å²) in [5.74, 6) is 3.12. The first kappa shape index (κ1) is 18.0. The Labute approximate surface area is 151 Å². The minimum atomic E-state index is -0.122. The van der Waals surface area contributed by atoms with E-state index in [0.29, 0.717) is 5.92 Å². The SMILES string of the molecule is Fc1ccc(C2CCC(CC[C@H]3CC[C@H](/C=C/Cl)CC3)CC2)cc1. The molecule has 2 saturated carbocycles. The van der Waals surface area contributed by atoms with E-state index in [9.17, 15) is 4.39 Å². The number of halogens is 2. The molecule has 0 unspecified atom stereocenters. The van der Waals surface area contributed by atoms with Gasteiger partial charge in [-0.2, -0.15) is 0 Å². The number of rotatable bonds is 5. The number of benzene rings is 1. The summed E-state index contributed by atoms with van der Waals surface area (Å²) in [4.78, 5) is 0. The van der Waals surface area contributed by atoms with Gasteiger partial charge in [-0.3, -0.25) is 0 Å². The topological polar surface area (TPSA) is 0 Å². The molecule has 132 valence electrons. The molecule has 24 heavy (non-hydrogen) atoms. The summed E-state index contributed by atoms with van der Waals surface area (Å²) in [5.41, 5.74) is 3.03. The Balaban J connectivity index is 1.36. The second-order valence-electron chi connectivity index (χ2n) is 7.95. The van der Waals surface area contributed by atoms with Gasteiger partial charge in [0.1, 0.15) is 5.82 Å². The molecule has 0 aromatic heterocycles. The zero-order valence-electron chi connectivity index (χ0n) is 14.6. The molecule has 1 aromatic carbocycles. The molecule has 2 heteroatoms. The van der Waals surface area contributed by atoms with Crippen LogP contribution in [0.5, 0.6) is 0 Å². The van der Waals surface area contributed by atoms with Crippen LogP contribution in [-0.2, 0) is 0 Å². The van der Waals surface area contributed by atoms with E-state index in [4.69, 9.17) is 11.6 Å². The molecule has 0 saturated heterocycles. The smallest absolute Gasteiger partial charge is 0.123 e. The highest BCUT2D eigenvalue weighted by molar-refractivity contribution is 6.25. The predicted molar refractivity (Wildman–Crippen MR) is 101 cm³/mol. The Hall–Kier alpha value is -0.820. The zero-order chi connectivity index (χ0) is 16.8. The fourth-order valence-electron chi connectivity index (χ4n) is 4.76. The molecule has 0 heterocycles. The fraction of sp³-hybridized carbons (Fsp3) is 0.636. The molecule has 0 nitrogen and oxygen atoms in total. The molecule has 3 rings (SSSR count). The summed E-state index contributed by atoms with van der Waals surface area (Å²) in [7, 11) is 0. The summed E-state index contributed by atoms with van der Waals surface area (Å²) in [6, 6.07) is 7.18. The van der Waals surface area contributed by atoms with Gasteiger partial charge in [-0.1, -0.05) is 42.7 Å². The van der Waals surface area contributed by atoms with Crippen molar-refractivity contribution in [3.63, 3.8) is 0 Å². The van der Waals surface area contributed by atoms with E-state index in [2.05, 4.69) is 6.08 Å². The summed E-state index contributed by atoms with van der Waals surface area (Å²) < 4.78 is 13.1. The Morgan fingerprint density at radius 3 is 1.92 bits per heavy atom. The van der Waals surface area contributed by atoms with Gasteiger partial charge in [0.2, 0.25) is 0 Å². The maximum absolute atomic E-state index is 13.1. The Morgan fingerprint density at radius 1 is 0.833 bits per heavy atom. The van der Waals surface area contributed by atoms with E-state index in [1.807, 2.05) is 12.1 Å². The molecule has 0 spiro atoms. The van der Waals surface area contributed by atoms with E-state index in [0.717, 1.165) is 17.8 Å². The van der Waals surface area contributed by atoms with Crippen LogP contribution in [0.15, 0.2) is 35.9 Å². The van der Waals surface area contributed by atoms with Gasteiger partial charge < -0.3 is 0 Å². The summed E-state index contributed by atoms with van der Waals surface area (Å²) in [6.45, 7) is 0. The van der Waals surface area contributed by atoms with Crippen molar-refractivity contribution in [2.24, 2.45) is 17.8 Å². The summed E-state index contributed by atoms with van der Waals surface area (Å²) in [6.07, 6.45) is 15.7. The van der Waals surface area contributed by atoms with Crippen LogP contribution in [0.3, 0.4) is 0 Å². The molecular weight excluding hydrogens is 319 g/mol. The molecule has 2 aliphatic rings. The molecule has 0 atom stereocenters. The van der Waals surface area contributed by atoms with Crippen molar-refractivity contribution in [2.75, 3.05) is 0 Å². The van der Waals surface area contributed by atoms with Crippen molar-refractivity contribution in [1.82, 2.24) is 0 Å². The number of hydrogen-bond acceptors (Lipinski definition) is 0. The maximum Gasteiger partial charge on any atom is 0.123 e. The van der Waals surface area contributed by atoms with Crippen molar-refractivity contribution in [3.05, 3.63) is 47.3 Å². The van der Waals surface area contributed by atoms with Crippen LogP contribution in [-0.4, -0.2) is 0 Å². The highest BCUT2D eigenvalue weighted by Crippen LogP contribution is 2.39. The lowest BCUT2D eigenvalue weighted by Gasteiger charge is -2.31. The Kier molecular flexibility index (Phi) is 6.77. The third-order valence-electron chi connectivity index (χ3n) is 6.41. The van der Waals surface area contributed by atoms with E-state index < -0.39 is 0 Å². The Morgan fingerprint density at radius 2 is 1.38 bits per heavy atom. The van der Waals surface area contributed by atoms with Crippen molar-refractivity contribution in [2.45, 2.75) is 70.1 Å². The van der Waals surface area contributed by atoms with Gasteiger partial charge >= 0.3 is 0 Å². The molecule has 2 aliphatic carbocycles. The van der Waals surface area contributed by atoms with Crippen molar-refractivity contribution in [1.29, 1.82) is 0 Å². The highest BCUT2D eigenvalue weighted by Gasteiger charge is 2.24. The standard InChI is InChI=1S/C22H30ClF/c23-16-15-19-5-3-17(4-6-19)1-2-18-7-9-20(10-8-18)21-11-13-22(24)14-12-21/h11-20H,1-10H2/b16-15+/t17-,18?,19-,20?. The van der Waals surface area contributed by atoms with Crippen LogP contribution in [0.1, 0.15) is 75.7 Å². The monoisotopic (exact) mass is 348 g/mol. The van der Waals surface area contributed by atoms with Crippen LogP contribution >= 0.6 is 11.6 Å². The molecule has 2 fully saturated rings. The molecule has 0 radical (unpaired) electrons. The van der Waals surface area contributed by atoms with Crippen LogP contribution in [0.4, 0.5) is 4.39 Å². The molecule has 0 aliphatic heterocycles. The molecule has 1 aromatic rings. The van der Waals surface area contributed by atoms with E-state index in [1.54, 1.807) is 17.7 Å². The van der Waals surface area contributed by atoms with Crippen molar-refractivity contribution in [3.8, 4) is 0 Å². The van der Waals surface area contributed by atoms with Gasteiger partial charge in [-0.05, 0) is 92.7 Å². The lowest BCUT2D eigenvalue weighted by Crippen LogP contribution is -2.17. The first-order valence-electron chi connectivity index (χ1n) is 9.77. The normalized spacial score (nSPS) is 31.4. The maximum atomic E-state index is 13.1. The first-order valence-corrected chi connectivity index (χ1v) is 10.2. The van der Waals surface area contributed by atoms with Gasteiger partial charge in [0.25, 0.3) is 0 Å². The highest BCUT2D eigenvalue weighted by atomic mass is 35.5. The van der Waals surface area contributed by atoms with Crippen molar-refractivity contribution >= 4 is 11.6 Å². The lowest BCUT2D eigenvalue weighted by atomic mass is 9.74.